The highest BCUT2D eigenvalue weighted by Gasteiger charge is 2.38. The van der Waals surface area contributed by atoms with Gasteiger partial charge in [-0.1, -0.05) is 37.6 Å². The van der Waals surface area contributed by atoms with Gasteiger partial charge in [-0.15, -0.1) is 0 Å². The van der Waals surface area contributed by atoms with Crippen molar-refractivity contribution in [1.82, 2.24) is 5.32 Å². The Bertz CT molecular complexity index is 395. The van der Waals surface area contributed by atoms with Crippen molar-refractivity contribution in [2.75, 3.05) is 13.7 Å². The lowest BCUT2D eigenvalue weighted by Gasteiger charge is -2.31. The molecule has 3 nitrogen and oxygen atoms in total. The van der Waals surface area contributed by atoms with Gasteiger partial charge in [0.2, 0.25) is 0 Å². The highest BCUT2D eigenvalue weighted by atomic mass is 35.5. The number of ether oxygens (including phenoxy) is 1. The average molecular weight is 256 g/mol. The molecule has 0 radical (unpaired) electrons. The lowest BCUT2D eigenvalue weighted by molar-refractivity contribution is -0.149. The van der Waals surface area contributed by atoms with Crippen LogP contribution in [0.2, 0.25) is 5.02 Å². The molecule has 1 N–H and O–H groups in total. The fourth-order valence-electron chi connectivity index (χ4n) is 2.00. The Hall–Kier alpha value is -1.06. The van der Waals surface area contributed by atoms with Crippen LogP contribution < -0.4 is 5.32 Å². The fourth-order valence-corrected chi connectivity index (χ4v) is 2.19. The molecule has 0 aliphatic carbocycles. The second kappa shape index (κ2) is 6.03. The Morgan fingerprint density at radius 1 is 1.47 bits per heavy atom. The number of halogens is 1. The van der Waals surface area contributed by atoms with Crippen molar-refractivity contribution in [2.45, 2.75) is 25.8 Å². The molecule has 0 amide bonds. The SMILES string of the molecule is CCNC(CC)(C(=O)OC)c1cccc(Cl)c1. The molecule has 1 unspecified atom stereocenters. The predicted octanol–water partition coefficient (Wildman–Crippen LogP) is 2.73. The van der Waals surface area contributed by atoms with Gasteiger partial charge in [0.1, 0.15) is 5.54 Å². The number of esters is 1. The minimum Gasteiger partial charge on any atom is -0.467 e. The highest BCUT2D eigenvalue weighted by Crippen LogP contribution is 2.28. The maximum atomic E-state index is 12.0. The molecule has 0 saturated heterocycles. The first-order valence-corrected chi connectivity index (χ1v) is 6.08. The van der Waals surface area contributed by atoms with Crippen molar-refractivity contribution in [3.05, 3.63) is 34.9 Å². The van der Waals surface area contributed by atoms with Crippen LogP contribution >= 0.6 is 11.6 Å². The number of methoxy groups -OCH3 is 1. The van der Waals surface area contributed by atoms with Gasteiger partial charge >= 0.3 is 5.97 Å². The zero-order chi connectivity index (χ0) is 12.9. The third-order valence-electron chi connectivity index (χ3n) is 2.86. The summed E-state index contributed by atoms with van der Waals surface area (Å²) in [4.78, 5) is 12.0. The number of hydrogen-bond donors (Lipinski definition) is 1. The molecule has 0 aliphatic heterocycles. The van der Waals surface area contributed by atoms with Gasteiger partial charge in [-0.05, 0) is 30.7 Å². The predicted molar refractivity (Wildman–Crippen MR) is 69.1 cm³/mol. The zero-order valence-electron chi connectivity index (χ0n) is 10.4. The maximum Gasteiger partial charge on any atom is 0.330 e. The molecule has 0 aliphatic rings. The molecule has 0 fully saturated rings. The van der Waals surface area contributed by atoms with E-state index in [1.165, 1.54) is 7.11 Å². The summed E-state index contributed by atoms with van der Waals surface area (Å²) in [6.07, 6.45) is 0.605. The van der Waals surface area contributed by atoms with E-state index < -0.39 is 5.54 Å². The summed E-state index contributed by atoms with van der Waals surface area (Å²) >= 11 is 5.98. The second-order valence-corrected chi connectivity index (χ2v) is 4.23. The van der Waals surface area contributed by atoms with Gasteiger partial charge in [0.15, 0.2) is 0 Å². The molecule has 0 spiro atoms. The van der Waals surface area contributed by atoms with Crippen LogP contribution in [0.1, 0.15) is 25.8 Å². The van der Waals surface area contributed by atoms with Crippen LogP contribution in [-0.2, 0) is 15.1 Å². The van der Waals surface area contributed by atoms with E-state index in [1.54, 1.807) is 12.1 Å². The van der Waals surface area contributed by atoms with Crippen molar-refractivity contribution in [3.8, 4) is 0 Å². The Morgan fingerprint density at radius 3 is 2.65 bits per heavy atom. The standard InChI is InChI=1S/C13H18ClNO2/c1-4-13(15-5-2,12(16)17-3)10-7-6-8-11(14)9-10/h6-9,15H,4-5H2,1-3H3. The Morgan fingerprint density at radius 2 is 2.18 bits per heavy atom. The van der Waals surface area contributed by atoms with Gasteiger partial charge in [0.05, 0.1) is 7.11 Å². The third-order valence-corrected chi connectivity index (χ3v) is 3.10. The number of rotatable bonds is 5. The molecule has 1 rings (SSSR count). The minimum atomic E-state index is -0.811. The van der Waals surface area contributed by atoms with E-state index in [4.69, 9.17) is 16.3 Å². The number of hydrogen-bond acceptors (Lipinski definition) is 3. The van der Waals surface area contributed by atoms with E-state index in [1.807, 2.05) is 26.0 Å². The van der Waals surface area contributed by atoms with Gasteiger partial charge < -0.3 is 4.74 Å². The van der Waals surface area contributed by atoms with Crippen molar-refractivity contribution >= 4 is 17.6 Å². The summed E-state index contributed by atoms with van der Waals surface area (Å²) in [7, 11) is 1.40. The van der Waals surface area contributed by atoms with Crippen LogP contribution in [0.4, 0.5) is 0 Å². The smallest absolute Gasteiger partial charge is 0.330 e. The van der Waals surface area contributed by atoms with Crippen LogP contribution in [0.25, 0.3) is 0 Å². The first-order chi connectivity index (χ1) is 8.10. The number of carbonyl (C=O) groups is 1. The zero-order valence-corrected chi connectivity index (χ0v) is 11.2. The van der Waals surface area contributed by atoms with E-state index in [9.17, 15) is 4.79 Å². The molecular formula is C13H18ClNO2. The van der Waals surface area contributed by atoms with Crippen molar-refractivity contribution in [2.24, 2.45) is 0 Å². The lowest BCUT2D eigenvalue weighted by Crippen LogP contribution is -2.49. The molecule has 0 heterocycles. The van der Waals surface area contributed by atoms with Crippen molar-refractivity contribution in [3.63, 3.8) is 0 Å². The molecule has 1 atom stereocenters. The molecule has 94 valence electrons. The number of likely N-dealkylation sites (N-methyl/N-ethyl adjacent to an activating group) is 1. The van der Waals surface area contributed by atoms with Crippen LogP contribution in [0.3, 0.4) is 0 Å². The Kier molecular flexibility index (Phi) is 4.97. The molecule has 0 saturated carbocycles. The molecule has 0 bridgehead atoms. The van der Waals surface area contributed by atoms with Crippen molar-refractivity contribution < 1.29 is 9.53 Å². The van der Waals surface area contributed by atoms with Gasteiger partial charge in [0, 0.05) is 5.02 Å². The molecule has 1 aromatic rings. The first-order valence-electron chi connectivity index (χ1n) is 5.70. The summed E-state index contributed by atoms with van der Waals surface area (Å²) in [6.45, 7) is 4.58. The van der Waals surface area contributed by atoms with Crippen LogP contribution in [-0.4, -0.2) is 19.6 Å². The summed E-state index contributed by atoms with van der Waals surface area (Å²) < 4.78 is 4.91. The Balaban J connectivity index is 3.25. The molecule has 17 heavy (non-hydrogen) atoms. The normalized spacial score (nSPS) is 14.1. The lowest BCUT2D eigenvalue weighted by atomic mass is 9.87. The van der Waals surface area contributed by atoms with Crippen LogP contribution in [0.5, 0.6) is 0 Å². The van der Waals surface area contributed by atoms with Crippen molar-refractivity contribution in [1.29, 1.82) is 0 Å². The Labute approximate surface area is 107 Å². The first kappa shape index (κ1) is 14.0. The number of benzene rings is 1. The fraction of sp³-hybridized carbons (Fsp3) is 0.462. The third kappa shape index (κ3) is 2.79. The van der Waals surface area contributed by atoms with Crippen LogP contribution in [0, 0.1) is 0 Å². The number of nitrogens with one attached hydrogen (secondary N) is 1. The van der Waals surface area contributed by atoms with Gasteiger partial charge in [-0.2, -0.15) is 0 Å². The topological polar surface area (TPSA) is 38.3 Å². The largest absolute Gasteiger partial charge is 0.467 e. The molecule has 1 aromatic carbocycles. The van der Waals surface area contributed by atoms with E-state index in [-0.39, 0.29) is 5.97 Å². The average Bonchev–Trinajstić information content (AvgIpc) is 2.35. The van der Waals surface area contributed by atoms with Gasteiger partial charge in [-0.25, -0.2) is 4.79 Å². The molecule has 4 heteroatoms. The summed E-state index contributed by atoms with van der Waals surface area (Å²) in [5.41, 5.74) is 0.0233. The maximum absolute atomic E-state index is 12.0. The summed E-state index contributed by atoms with van der Waals surface area (Å²) in [5.74, 6) is -0.288. The minimum absolute atomic E-state index is 0.288. The van der Waals surface area contributed by atoms with Gasteiger partial charge in [-0.3, -0.25) is 5.32 Å². The summed E-state index contributed by atoms with van der Waals surface area (Å²) in [6, 6.07) is 7.30. The van der Waals surface area contributed by atoms with E-state index in [0.717, 1.165) is 5.56 Å². The highest BCUT2D eigenvalue weighted by molar-refractivity contribution is 6.30. The van der Waals surface area contributed by atoms with Crippen LogP contribution in [0.15, 0.2) is 24.3 Å². The monoisotopic (exact) mass is 255 g/mol. The van der Waals surface area contributed by atoms with Gasteiger partial charge in [0.25, 0.3) is 0 Å². The quantitative estimate of drug-likeness (QED) is 0.823. The van der Waals surface area contributed by atoms with E-state index in [0.29, 0.717) is 18.0 Å². The molecule has 0 aromatic heterocycles. The summed E-state index contributed by atoms with van der Waals surface area (Å²) in [5, 5.41) is 3.82. The molecular weight excluding hydrogens is 238 g/mol. The number of carbonyl (C=O) groups excluding carboxylic acids is 1. The van der Waals surface area contributed by atoms with E-state index >= 15 is 0 Å². The van der Waals surface area contributed by atoms with E-state index in [2.05, 4.69) is 5.32 Å². The second-order valence-electron chi connectivity index (χ2n) is 3.79.